The topological polar surface area (TPSA) is 116 Å². The summed E-state index contributed by atoms with van der Waals surface area (Å²) < 4.78 is 39.3. The van der Waals surface area contributed by atoms with Crippen molar-refractivity contribution < 1.29 is 22.8 Å². The number of primary amides is 1. The van der Waals surface area contributed by atoms with Gasteiger partial charge in [0.2, 0.25) is 5.91 Å². The summed E-state index contributed by atoms with van der Waals surface area (Å²) in [6.07, 6.45) is -0.437. The molecule has 4 rings (SSSR count). The number of likely N-dealkylation sites (N-methyl/N-ethyl adjacent to an activating group) is 1. The van der Waals surface area contributed by atoms with Gasteiger partial charge in [-0.05, 0) is 57.1 Å². The predicted octanol–water partition coefficient (Wildman–Crippen LogP) is 3.03. The zero-order valence-electron chi connectivity index (χ0n) is 19.2. The number of nitrogens with one attached hydrogen (secondary N) is 2. The molecule has 3 heterocycles. The molecule has 1 aromatic carbocycles. The van der Waals surface area contributed by atoms with E-state index in [0.29, 0.717) is 36.2 Å². The lowest BCUT2D eigenvalue weighted by atomic mass is 10.1. The molecular weight excluding hydrogens is 463 g/mol. The zero-order chi connectivity index (χ0) is 25.2. The van der Waals surface area contributed by atoms with Crippen molar-refractivity contribution in [2.24, 2.45) is 5.73 Å². The minimum absolute atomic E-state index is 0.0220. The summed E-state index contributed by atoms with van der Waals surface area (Å²) in [5.74, 6) is -1.42. The first-order valence-electron chi connectivity index (χ1n) is 11.3. The summed E-state index contributed by atoms with van der Waals surface area (Å²) in [6, 6.07) is 5.92. The van der Waals surface area contributed by atoms with Crippen molar-refractivity contribution in [3.05, 3.63) is 47.8 Å². The molecule has 0 atom stereocenters. The molecule has 4 N–H and O–H groups in total. The number of amides is 2. The summed E-state index contributed by atoms with van der Waals surface area (Å²) >= 11 is 0. The molecule has 2 amide bonds. The number of carbonyl (C=O) groups excluding carboxylic acids is 2. The maximum absolute atomic E-state index is 13.1. The number of hydrogen-bond acceptors (Lipinski definition) is 7. The molecule has 0 radical (unpaired) electrons. The fourth-order valence-corrected chi connectivity index (χ4v) is 4.22. The van der Waals surface area contributed by atoms with Crippen molar-refractivity contribution in [2.45, 2.75) is 32.4 Å². The minimum atomic E-state index is -4.70. The molecule has 2 aromatic rings. The second-order valence-electron chi connectivity index (χ2n) is 8.33. The van der Waals surface area contributed by atoms with Crippen LogP contribution < -0.4 is 21.3 Å². The quantitative estimate of drug-likeness (QED) is 0.534. The molecule has 1 aromatic heterocycles. The Morgan fingerprint density at radius 2 is 1.83 bits per heavy atom. The molecule has 2 aliphatic heterocycles. The number of fused-ring (bicyclic) bond motifs is 1. The van der Waals surface area contributed by atoms with Crippen LogP contribution in [0.25, 0.3) is 5.57 Å². The Balaban J connectivity index is 1.60. The highest BCUT2D eigenvalue weighted by molar-refractivity contribution is 6.20. The van der Waals surface area contributed by atoms with Crippen LogP contribution in [0.5, 0.6) is 0 Å². The summed E-state index contributed by atoms with van der Waals surface area (Å²) in [4.78, 5) is 36.2. The third-order valence-electron chi connectivity index (χ3n) is 5.93. The van der Waals surface area contributed by atoms with Crippen molar-refractivity contribution in [1.29, 1.82) is 0 Å². The zero-order valence-corrected chi connectivity index (χ0v) is 19.2. The molecule has 0 bridgehead atoms. The number of rotatable bonds is 6. The lowest BCUT2D eigenvalue weighted by Gasteiger charge is -2.29. The molecular formula is C23H26F3N7O2. The number of alkyl halides is 3. The maximum atomic E-state index is 13.1. The largest absolute Gasteiger partial charge is 0.433 e. The van der Waals surface area contributed by atoms with E-state index >= 15 is 0 Å². The molecule has 9 nitrogen and oxygen atoms in total. The normalized spacial score (nSPS) is 17.3. The molecule has 12 heteroatoms. The molecule has 186 valence electrons. The standard InChI is InChI=1S/C23H26F3N7O2/c1-2-33(18(34)13-32-10-4-3-5-11-32)14-6-7-15-16(12-14)30-22(29-15)19(20(27)35)21-28-9-8-17(31-21)23(24,25)26/h6-9,12,29-30H,2-5,10-11,13H2,1H3,(H2,27,35)/b22-19+. The van der Waals surface area contributed by atoms with E-state index in [1.54, 1.807) is 23.1 Å². The van der Waals surface area contributed by atoms with E-state index in [1.165, 1.54) is 6.42 Å². The summed E-state index contributed by atoms with van der Waals surface area (Å²) in [7, 11) is 0. The van der Waals surface area contributed by atoms with Crippen molar-refractivity contribution in [3.8, 4) is 0 Å². The predicted molar refractivity (Wildman–Crippen MR) is 125 cm³/mol. The molecule has 0 aliphatic carbocycles. The lowest BCUT2D eigenvalue weighted by molar-refractivity contribution is -0.141. The van der Waals surface area contributed by atoms with Crippen LogP contribution in [-0.2, 0) is 15.8 Å². The molecule has 2 aliphatic rings. The Bertz CT molecular complexity index is 1160. The average molecular weight is 490 g/mol. The molecule has 1 fully saturated rings. The maximum Gasteiger partial charge on any atom is 0.433 e. The third kappa shape index (κ3) is 5.37. The van der Waals surface area contributed by atoms with Gasteiger partial charge in [0.15, 0.2) is 5.82 Å². The number of piperidine rings is 1. The van der Waals surface area contributed by atoms with Crippen LogP contribution in [0.15, 0.2) is 36.3 Å². The van der Waals surface area contributed by atoms with E-state index in [4.69, 9.17) is 5.73 Å². The fourth-order valence-electron chi connectivity index (χ4n) is 4.22. The number of aromatic nitrogens is 2. The average Bonchev–Trinajstić information content (AvgIpc) is 3.22. The Kier molecular flexibility index (Phi) is 6.92. The number of likely N-dealkylation sites (tertiary alicyclic amines) is 1. The van der Waals surface area contributed by atoms with E-state index in [9.17, 15) is 22.8 Å². The van der Waals surface area contributed by atoms with Gasteiger partial charge in [-0.1, -0.05) is 6.42 Å². The van der Waals surface area contributed by atoms with Gasteiger partial charge in [0, 0.05) is 18.4 Å². The van der Waals surface area contributed by atoms with Crippen molar-refractivity contribution in [3.63, 3.8) is 0 Å². The first-order chi connectivity index (χ1) is 16.7. The van der Waals surface area contributed by atoms with Crippen LogP contribution in [0.2, 0.25) is 0 Å². The number of hydrogen-bond donors (Lipinski definition) is 3. The van der Waals surface area contributed by atoms with Crippen LogP contribution >= 0.6 is 0 Å². The van der Waals surface area contributed by atoms with Gasteiger partial charge in [-0.3, -0.25) is 14.5 Å². The van der Waals surface area contributed by atoms with Gasteiger partial charge in [-0.15, -0.1) is 0 Å². The molecule has 0 saturated carbocycles. The van der Waals surface area contributed by atoms with E-state index in [0.717, 1.165) is 32.1 Å². The molecule has 35 heavy (non-hydrogen) atoms. The van der Waals surface area contributed by atoms with Crippen molar-refractivity contribution in [2.75, 3.05) is 41.7 Å². The third-order valence-corrected chi connectivity index (χ3v) is 5.93. The van der Waals surface area contributed by atoms with Gasteiger partial charge < -0.3 is 21.3 Å². The first kappa shape index (κ1) is 24.5. The Morgan fingerprint density at radius 1 is 1.11 bits per heavy atom. The molecule has 0 spiro atoms. The second-order valence-corrected chi connectivity index (χ2v) is 8.33. The Hall–Kier alpha value is -3.67. The summed E-state index contributed by atoms with van der Waals surface area (Å²) in [6.45, 7) is 4.49. The van der Waals surface area contributed by atoms with Gasteiger partial charge in [0.05, 0.1) is 17.9 Å². The Labute approximate surface area is 200 Å². The summed E-state index contributed by atoms with van der Waals surface area (Å²) in [5, 5.41) is 5.92. The lowest BCUT2D eigenvalue weighted by Crippen LogP contribution is -2.42. The molecule has 0 unspecified atom stereocenters. The first-order valence-corrected chi connectivity index (χ1v) is 11.3. The van der Waals surface area contributed by atoms with Gasteiger partial charge in [0.25, 0.3) is 5.91 Å². The van der Waals surface area contributed by atoms with Gasteiger partial charge in [0.1, 0.15) is 17.1 Å². The van der Waals surface area contributed by atoms with Crippen LogP contribution in [0, 0.1) is 0 Å². The SMILES string of the molecule is CCN(C(=O)CN1CCCCC1)c1ccc2c(c1)N/C(=C(\C(N)=O)c1nccc(C(F)(F)F)n1)N2. The monoisotopic (exact) mass is 489 g/mol. The van der Waals surface area contributed by atoms with Crippen molar-refractivity contribution in [1.82, 2.24) is 14.9 Å². The van der Waals surface area contributed by atoms with Gasteiger partial charge in [-0.2, -0.15) is 13.2 Å². The highest BCUT2D eigenvalue weighted by Crippen LogP contribution is 2.37. The molecule has 1 saturated heterocycles. The number of nitrogens with zero attached hydrogens (tertiary/aromatic N) is 4. The minimum Gasteiger partial charge on any atom is -0.365 e. The number of nitrogens with two attached hydrogens (primary N) is 1. The van der Waals surface area contributed by atoms with Gasteiger partial charge >= 0.3 is 6.18 Å². The summed E-state index contributed by atoms with van der Waals surface area (Å²) in [5.41, 5.74) is 5.72. The van der Waals surface area contributed by atoms with Gasteiger partial charge in [-0.25, -0.2) is 9.97 Å². The van der Waals surface area contributed by atoms with E-state index in [1.807, 2.05) is 6.92 Å². The van der Waals surface area contributed by atoms with Crippen molar-refractivity contribution >= 4 is 34.4 Å². The van der Waals surface area contributed by atoms with E-state index in [-0.39, 0.29) is 17.3 Å². The number of carbonyl (C=O) groups is 2. The second kappa shape index (κ2) is 9.90. The highest BCUT2D eigenvalue weighted by Gasteiger charge is 2.34. The van der Waals surface area contributed by atoms with Crippen LogP contribution in [-0.4, -0.2) is 52.9 Å². The Morgan fingerprint density at radius 3 is 2.49 bits per heavy atom. The van der Waals surface area contributed by atoms with E-state index < -0.39 is 23.6 Å². The smallest absolute Gasteiger partial charge is 0.365 e. The number of halogens is 3. The van der Waals surface area contributed by atoms with Crippen LogP contribution in [0.3, 0.4) is 0 Å². The number of anilines is 3. The van der Waals surface area contributed by atoms with Crippen LogP contribution in [0.1, 0.15) is 37.7 Å². The van der Waals surface area contributed by atoms with E-state index in [2.05, 4.69) is 25.5 Å². The fraction of sp³-hybridized carbons (Fsp3) is 0.391. The number of benzene rings is 1. The highest BCUT2D eigenvalue weighted by atomic mass is 19.4. The van der Waals surface area contributed by atoms with Crippen LogP contribution in [0.4, 0.5) is 30.2 Å².